The lowest BCUT2D eigenvalue weighted by atomic mass is 9.88. The molecule has 2 aliphatic rings. The highest BCUT2D eigenvalue weighted by atomic mass is 15.1. The number of aliphatic imine (C=N–C) groups is 1. The Hall–Kier alpha value is -3.63. The second-order valence-electron chi connectivity index (χ2n) is 13.9. The van der Waals surface area contributed by atoms with Gasteiger partial charge in [-0.1, -0.05) is 123 Å². The Morgan fingerprint density at radius 3 is 2.13 bits per heavy atom. The molecule has 0 heterocycles. The number of aryl methyl sites for hydroxylation is 1. The first kappa shape index (κ1) is 48.4. The van der Waals surface area contributed by atoms with E-state index in [1.807, 2.05) is 33.8 Å². The van der Waals surface area contributed by atoms with Crippen LogP contribution in [0.5, 0.6) is 0 Å². The molecule has 4 nitrogen and oxygen atoms in total. The number of allylic oxidation sites excluding steroid dienone is 9. The highest BCUT2D eigenvalue weighted by Crippen LogP contribution is 2.37. The van der Waals surface area contributed by atoms with Crippen LogP contribution in [0.1, 0.15) is 144 Å². The summed E-state index contributed by atoms with van der Waals surface area (Å²) in [6.07, 6.45) is 26.8. The highest BCUT2D eigenvalue weighted by Gasteiger charge is 2.26. The van der Waals surface area contributed by atoms with Gasteiger partial charge in [0.05, 0.1) is 5.54 Å². The summed E-state index contributed by atoms with van der Waals surface area (Å²) in [4.78, 5) is 6.90. The van der Waals surface area contributed by atoms with Crippen molar-refractivity contribution < 1.29 is 0 Å². The molecule has 4 heteroatoms. The molecule has 0 bridgehead atoms. The normalized spacial score (nSPS) is 14.8. The van der Waals surface area contributed by atoms with Gasteiger partial charge in [0, 0.05) is 42.1 Å². The monoisotopic (exact) mass is 711 g/mol. The van der Waals surface area contributed by atoms with E-state index in [-0.39, 0.29) is 5.54 Å². The maximum absolute atomic E-state index is 6.54. The first-order valence-electron chi connectivity index (χ1n) is 20.2. The van der Waals surface area contributed by atoms with Crippen molar-refractivity contribution in [2.45, 2.75) is 145 Å². The van der Waals surface area contributed by atoms with Crippen molar-refractivity contribution in [3.63, 3.8) is 0 Å². The van der Waals surface area contributed by atoms with Gasteiger partial charge in [0.15, 0.2) is 0 Å². The van der Waals surface area contributed by atoms with Crippen molar-refractivity contribution >= 4 is 17.0 Å². The Morgan fingerprint density at radius 1 is 0.981 bits per heavy atom. The summed E-state index contributed by atoms with van der Waals surface area (Å²) in [5, 5.41) is 3.46. The van der Waals surface area contributed by atoms with E-state index in [9.17, 15) is 0 Å². The molecule has 2 aliphatic carbocycles. The molecule has 3 N–H and O–H groups in total. The van der Waals surface area contributed by atoms with Crippen LogP contribution in [0.2, 0.25) is 0 Å². The van der Waals surface area contributed by atoms with Gasteiger partial charge in [-0.3, -0.25) is 4.99 Å². The third-order valence-corrected chi connectivity index (χ3v) is 9.36. The van der Waals surface area contributed by atoms with Gasteiger partial charge in [0.25, 0.3) is 0 Å². The molecule has 0 aliphatic heterocycles. The summed E-state index contributed by atoms with van der Waals surface area (Å²) in [5.41, 5.74) is 16.8. The van der Waals surface area contributed by atoms with Gasteiger partial charge in [0.1, 0.15) is 0 Å². The summed E-state index contributed by atoms with van der Waals surface area (Å²) in [7, 11) is 0. The lowest BCUT2D eigenvalue weighted by Gasteiger charge is -2.31. The summed E-state index contributed by atoms with van der Waals surface area (Å²) in [5.74, 6) is 0.944. The van der Waals surface area contributed by atoms with Gasteiger partial charge in [-0.15, -0.1) is 6.58 Å². The zero-order valence-corrected chi connectivity index (χ0v) is 35.3. The van der Waals surface area contributed by atoms with Crippen LogP contribution in [0.3, 0.4) is 0 Å². The van der Waals surface area contributed by atoms with Gasteiger partial charge in [0.2, 0.25) is 0 Å². The van der Waals surface area contributed by atoms with E-state index in [4.69, 9.17) is 5.73 Å². The van der Waals surface area contributed by atoms with E-state index < -0.39 is 0 Å². The second-order valence-corrected chi connectivity index (χ2v) is 13.9. The lowest BCUT2D eigenvalue weighted by Crippen LogP contribution is -2.43. The first-order chi connectivity index (χ1) is 24.9. The van der Waals surface area contributed by atoms with Gasteiger partial charge in [-0.05, 0) is 125 Å². The van der Waals surface area contributed by atoms with E-state index in [1.165, 1.54) is 65.6 Å². The van der Waals surface area contributed by atoms with Gasteiger partial charge >= 0.3 is 0 Å². The Kier molecular flexibility index (Phi) is 26.0. The number of hydrogen-bond acceptors (Lipinski definition) is 4. The van der Waals surface area contributed by atoms with Gasteiger partial charge in [-0.25, -0.2) is 0 Å². The Balaban J connectivity index is 0.000000854. The molecule has 0 radical (unpaired) electrons. The van der Waals surface area contributed by atoms with E-state index in [0.717, 1.165) is 74.6 Å². The van der Waals surface area contributed by atoms with Crippen molar-refractivity contribution in [2.24, 2.45) is 16.6 Å². The quantitative estimate of drug-likeness (QED) is 0.0854. The number of hydrogen-bond donors (Lipinski definition) is 2. The minimum atomic E-state index is -0.344. The van der Waals surface area contributed by atoms with Crippen LogP contribution in [-0.4, -0.2) is 29.2 Å². The Bertz CT molecular complexity index is 1370. The summed E-state index contributed by atoms with van der Waals surface area (Å²) in [6.45, 7) is 39.2. The van der Waals surface area contributed by atoms with Crippen LogP contribution in [0.4, 0.5) is 5.69 Å². The summed E-state index contributed by atoms with van der Waals surface area (Å²) in [6, 6.07) is 6.48. The van der Waals surface area contributed by atoms with Gasteiger partial charge in [-0.2, -0.15) is 0 Å². The molecule has 290 valence electrons. The second kappa shape index (κ2) is 27.9. The topological polar surface area (TPSA) is 53.6 Å². The standard InChI is InChI=1S/C22H34N2.C19H28N2.C5H10.C2H6/c1-6-14-22(23,7-2)18(5)24-20-13-9-17(4)21(15-20)16(3)8-10-19-11-12-19;1-5-8-14-20-17(4)18-10-9-11-19(13-12-18)21(15-6-2)16-7-3;1-4-5(2)3;1-2/h9,13,15,19,24H,3,5-8,10-12,14,23H2,1-2,4H3;5,8,10-14H,1,6-7,9,15-16H2,2-4H3;2,4H2,1,3H3;1-2H3/b;14-8-,20-17?;;/t22-;;;/m1.../s1. The predicted molar refractivity (Wildman–Crippen MR) is 238 cm³/mol. The number of nitrogens with two attached hydrogens (primary N) is 1. The molecule has 0 spiro atoms. The number of anilines is 1. The van der Waals surface area contributed by atoms with Crippen molar-refractivity contribution in [3.8, 4) is 0 Å². The molecule has 3 rings (SSSR count). The molecule has 0 saturated heterocycles. The number of nitrogens with zero attached hydrogens (tertiary/aromatic N) is 2. The third kappa shape index (κ3) is 19.3. The van der Waals surface area contributed by atoms with Crippen LogP contribution in [-0.2, 0) is 0 Å². The maximum atomic E-state index is 6.54. The van der Waals surface area contributed by atoms with Crippen molar-refractivity contribution in [1.29, 1.82) is 0 Å². The fraction of sp³-hybridized carbons (Fsp3) is 0.521. The molecule has 0 amide bonds. The number of rotatable bonds is 19. The van der Waals surface area contributed by atoms with E-state index in [0.29, 0.717) is 0 Å². The highest BCUT2D eigenvalue weighted by molar-refractivity contribution is 6.01. The average Bonchev–Trinajstić information content (AvgIpc) is 4.00. The predicted octanol–water partition coefficient (Wildman–Crippen LogP) is 14.1. The third-order valence-electron chi connectivity index (χ3n) is 9.36. The molecule has 1 aromatic rings. The summed E-state index contributed by atoms with van der Waals surface area (Å²) >= 11 is 0. The molecule has 1 atom stereocenters. The molecule has 1 saturated carbocycles. The van der Waals surface area contributed by atoms with E-state index in [1.54, 1.807) is 12.3 Å². The zero-order chi connectivity index (χ0) is 39.5. The molecule has 1 fully saturated rings. The van der Waals surface area contributed by atoms with Crippen molar-refractivity contribution in [2.75, 3.05) is 18.4 Å². The smallest absolute Gasteiger partial charge is 0.0552 e. The van der Waals surface area contributed by atoms with E-state index in [2.05, 4.69) is 126 Å². The van der Waals surface area contributed by atoms with Crippen LogP contribution in [0.15, 0.2) is 115 Å². The van der Waals surface area contributed by atoms with Crippen LogP contribution in [0, 0.1) is 12.8 Å². The van der Waals surface area contributed by atoms with Crippen LogP contribution in [0.25, 0.3) is 5.57 Å². The molecular formula is C48H78N4. The molecular weight excluding hydrogens is 633 g/mol. The van der Waals surface area contributed by atoms with Crippen LogP contribution >= 0.6 is 0 Å². The zero-order valence-electron chi connectivity index (χ0n) is 35.3. The summed E-state index contributed by atoms with van der Waals surface area (Å²) < 4.78 is 0. The van der Waals surface area contributed by atoms with Crippen molar-refractivity contribution in [1.82, 2.24) is 4.90 Å². The number of benzene rings is 1. The number of nitrogens with one attached hydrogen (secondary N) is 1. The van der Waals surface area contributed by atoms with Crippen molar-refractivity contribution in [3.05, 3.63) is 121 Å². The lowest BCUT2D eigenvalue weighted by molar-refractivity contribution is 0.354. The fourth-order valence-electron chi connectivity index (χ4n) is 5.61. The maximum Gasteiger partial charge on any atom is 0.0552 e. The van der Waals surface area contributed by atoms with E-state index >= 15 is 0 Å². The SMILES string of the molecule is C=C(C)CC.C=C(CCC1CC1)c1cc(NC(=C)[C@@](N)(CC)CCC)ccc1C.C=C/C=C\N=C(C)C1=CCC=C(N(CCC)CCC)C=C1.CC. The Morgan fingerprint density at radius 2 is 1.62 bits per heavy atom. The Labute approximate surface area is 322 Å². The molecule has 0 aromatic heterocycles. The minimum absolute atomic E-state index is 0.344. The first-order valence-corrected chi connectivity index (χ1v) is 20.2. The molecule has 1 aromatic carbocycles. The fourth-order valence-corrected chi connectivity index (χ4v) is 5.61. The largest absolute Gasteiger partial charge is 0.372 e. The molecule has 0 unspecified atom stereocenters. The minimum Gasteiger partial charge on any atom is -0.372 e. The van der Waals surface area contributed by atoms with Crippen LogP contribution < -0.4 is 11.1 Å². The average molecular weight is 711 g/mol. The molecule has 52 heavy (non-hydrogen) atoms. The van der Waals surface area contributed by atoms with Gasteiger partial charge < -0.3 is 16.0 Å².